The predicted molar refractivity (Wildman–Crippen MR) is 141 cm³/mol. The highest BCUT2D eigenvalue weighted by Gasteiger charge is 2.00. The Labute approximate surface area is 216 Å². The molecule has 5 N–H and O–H groups in total. The number of H-pyrrole nitrogens is 1. The Kier molecular flexibility index (Phi) is 13.1. The van der Waals surface area contributed by atoms with E-state index in [0.717, 1.165) is 29.4 Å². The molecule has 1 aromatic heterocycles. The van der Waals surface area contributed by atoms with Crippen LogP contribution in [-0.2, 0) is 33.8 Å². The first-order chi connectivity index (χ1) is 18.0. The third-order valence-electron chi connectivity index (χ3n) is 4.78. The van der Waals surface area contributed by atoms with E-state index in [-0.39, 0.29) is 18.7 Å². The van der Waals surface area contributed by atoms with Crippen LogP contribution in [0.1, 0.15) is 16.8 Å². The van der Waals surface area contributed by atoms with Crippen LogP contribution in [0.3, 0.4) is 0 Å². The summed E-state index contributed by atoms with van der Waals surface area (Å²) in [6.07, 6.45) is 4.46. The van der Waals surface area contributed by atoms with Crippen molar-refractivity contribution in [3.63, 3.8) is 0 Å². The highest BCUT2D eigenvalue weighted by molar-refractivity contribution is 5.75. The highest BCUT2D eigenvalue weighted by atomic mass is 16.5. The minimum Gasteiger partial charge on any atom is -0.497 e. The molecule has 0 spiro atoms. The van der Waals surface area contributed by atoms with Crippen LogP contribution in [0.2, 0.25) is 0 Å². The molecular formula is C28H32N4O5. The van der Waals surface area contributed by atoms with Crippen molar-refractivity contribution in [2.75, 3.05) is 13.7 Å². The Balaban J connectivity index is 0.000000333. The van der Waals surface area contributed by atoms with Gasteiger partial charge in [0.2, 0.25) is 12.3 Å². The van der Waals surface area contributed by atoms with Crippen molar-refractivity contribution in [3.05, 3.63) is 108 Å². The van der Waals surface area contributed by atoms with Gasteiger partial charge in [-0.05, 0) is 53.9 Å². The summed E-state index contributed by atoms with van der Waals surface area (Å²) in [7, 11) is 1.65. The van der Waals surface area contributed by atoms with Crippen molar-refractivity contribution in [1.29, 1.82) is 0 Å². The minimum absolute atomic E-state index is 0.236. The fourth-order valence-electron chi connectivity index (χ4n) is 3.03. The van der Waals surface area contributed by atoms with E-state index in [0.29, 0.717) is 13.2 Å². The average molecular weight is 505 g/mol. The van der Waals surface area contributed by atoms with Crippen molar-refractivity contribution in [2.45, 2.75) is 19.4 Å². The van der Waals surface area contributed by atoms with Gasteiger partial charge in [-0.15, -0.1) is 0 Å². The van der Waals surface area contributed by atoms with Gasteiger partial charge < -0.3 is 30.7 Å². The number of amides is 2. The summed E-state index contributed by atoms with van der Waals surface area (Å²) >= 11 is 0. The largest absolute Gasteiger partial charge is 0.497 e. The minimum atomic E-state index is -0.348. The highest BCUT2D eigenvalue weighted by Crippen LogP contribution is 2.24. The van der Waals surface area contributed by atoms with Crippen LogP contribution in [0.25, 0.3) is 0 Å². The molecule has 2 amide bonds. The summed E-state index contributed by atoms with van der Waals surface area (Å²) in [5.74, 6) is 2.08. The van der Waals surface area contributed by atoms with Crippen molar-refractivity contribution in [1.82, 2.24) is 9.97 Å². The van der Waals surface area contributed by atoms with E-state index in [9.17, 15) is 4.79 Å². The van der Waals surface area contributed by atoms with Gasteiger partial charge in [-0.2, -0.15) is 0 Å². The monoisotopic (exact) mass is 504 g/mol. The summed E-state index contributed by atoms with van der Waals surface area (Å²) < 4.78 is 16.7. The second kappa shape index (κ2) is 16.9. The normalized spacial score (nSPS) is 9.65. The maximum Gasteiger partial charge on any atom is 0.223 e. The number of nitrogens with zero attached hydrogens (tertiary/aromatic N) is 1. The van der Waals surface area contributed by atoms with Gasteiger partial charge in [-0.3, -0.25) is 9.59 Å². The molecule has 9 nitrogen and oxygen atoms in total. The van der Waals surface area contributed by atoms with Gasteiger partial charge in [0.05, 0.1) is 33.1 Å². The number of rotatable bonds is 10. The number of primary amides is 2. The van der Waals surface area contributed by atoms with Gasteiger partial charge in [0, 0.05) is 11.9 Å². The third kappa shape index (κ3) is 12.1. The van der Waals surface area contributed by atoms with Crippen molar-refractivity contribution < 1.29 is 23.8 Å². The van der Waals surface area contributed by atoms with Gasteiger partial charge in [-0.1, -0.05) is 42.5 Å². The van der Waals surface area contributed by atoms with Crippen LogP contribution in [-0.4, -0.2) is 36.0 Å². The lowest BCUT2D eigenvalue weighted by Crippen LogP contribution is -2.13. The molecule has 0 aliphatic heterocycles. The van der Waals surface area contributed by atoms with E-state index < -0.39 is 0 Å². The summed E-state index contributed by atoms with van der Waals surface area (Å²) in [5.41, 5.74) is 12.2. The van der Waals surface area contributed by atoms with Crippen molar-refractivity contribution in [3.8, 4) is 17.2 Å². The molecule has 0 aliphatic rings. The zero-order valence-electron chi connectivity index (χ0n) is 20.7. The number of benzene rings is 3. The third-order valence-corrected chi connectivity index (χ3v) is 4.78. The fourth-order valence-corrected chi connectivity index (χ4v) is 3.03. The molecule has 0 atom stereocenters. The number of hydrogen-bond donors (Lipinski definition) is 3. The molecule has 0 saturated heterocycles. The number of aromatic nitrogens is 2. The molecule has 0 unspecified atom stereocenters. The SMILES string of the molecule is COc1ccc(Oc2ccc(CCOCc3ccccc3)cc2)cc1.NC(=O)Cc1cnc[nH]1.NC=O. The van der Waals surface area contributed by atoms with Crippen LogP contribution in [0.15, 0.2) is 91.4 Å². The molecule has 37 heavy (non-hydrogen) atoms. The van der Waals surface area contributed by atoms with E-state index in [1.165, 1.54) is 17.5 Å². The van der Waals surface area contributed by atoms with E-state index in [1.807, 2.05) is 54.6 Å². The molecule has 9 heteroatoms. The molecule has 3 aromatic carbocycles. The van der Waals surface area contributed by atoms with E-state index in [4.69, 9.17) is 24.7 Å². The zero-order valence-corrected chi connectivity index (χ0v) is 20.7. The summed E-state index contributed by atoms with van der Waals surface area (Å²) in [5, 5.41) is 0. The molecule has 0 saturated carbocycles. The number of carbonyl (C=O) groups is 2. The molecule has 1 heterocycles. The molecule has 194 valence electrons. The van der Waals surface area contributed by atoms with Crippen molar-refractivity contribution in [2.24, 2.45) is 11.5 Å². The first-order valence-corrected chi connectivity index (χ1v) is 11.5. The smallest absolute Gasteiger partial charge is 0.223 e. The Morgan fingerprint density at radius 2 is 1.51 bits per heavy atom. The summed E-state index contributed by atoms with van der Waals surface area (Å²) in [4.78, 5) is 25.3. The number of ether oxygens (including phenoxy) is 3. The Hall–Kier alpha value is -4.63. The Morgan fingerprint density at radius 3 is 2.05 bits per heavy atom. The maximum absolute atomic E-state index is 10.2. The summed E-state index contributed by atoms with van der Waals surface area (Å²) in [6, 6.07) is 25.9. The van der Waals surface area contributed by atoms with Crippen molar-refractivity contribution >= 4 is 12.3 Å². The average Bonchev–Trinajstić information content (AvgIpc) is 3.42. The van der Waals surface area contributed by atoms with E-state index >= 15 is 0 Å². The van der Waals surface area contributed by atoms with Gasteiger partial charge in [0.15, 0.2) is 0 Å². The first-order valence-electron chi connectivity index (χ1n) is 11.5. The quantitative estimate of drug-likeness (QED) is 0.222. The number of nitrogens with one attached hydrogen (secondary N) is 1. The zero-order chi connectivity index (χ0) is 26.7. The van der Waals surface area contributed by atoms with Gasteiger partial charge in [0.25, 0.3) is 0 Å². The van der Waals surface area contributed by atoms with Crippen LogP contribution >= 0.6 is 0 Å². The lowest BCUT2D eigenvalue weighted by Gasteiger charge is -2.08. The second-order valence-electron chi connectivity index (χ2n) is 7.57. The molecule has 0 radical (unpaired) electrons. The number of aromatic amines is 1. The standard InChI is InChI=1S/C22H22O3.C5H7N3O.CH3NO/c1-23-20-11-13-22(14-12-20)25-21-9-7-18(8-10-21)15-16-24-17-19-5-3-2-4-6-19;6-5(9)1-4-2-7-3-8-4;2-1-3/h2-14H,15-17H2,1H3;2-3H,1H2,(H2,6,9)(H,7,8);1H,(H2,2,3). The number of carbonyl (C=O) groups excluding carboxylic acids is 2. The number of imidazole rings is 1. The number of hydrogen-bond acceptors (Lipinski definition) is 6. The topological polar surface area (TPSA) is 143 Å². The van der Waals surface area contributed by atoms with E-state index in [2.05, 4.69) is 40.0 Å². The Bertz CT molecular complexity index is 1150. The summed E-state index contributed by atoms with van der Waals surface area (Å²) in [6.45, 7) is 1.35. The molecule has 4 aromatic rings. The lowest BCUT2D eigenvalue weighted by molar-refractivity contribution is -0.117. The fraction of sp³-hybridized carbons (Fsp3) is 0.179. The van der Waals surface area contributed by atoms with Gasteiger partial charge in [0.1, 0.15) is 17.2 Å². The maximum atomic E-state index is 10.2. The predicted octanol–water partition coefficient (Wildman–Crippen LogP) is 3.79. The Morgan fingerprint density at radius 1 is 0.919 bits per heavy atom. The van der Waals surface area contributed by atoms with Gasteiger partial charge >= 0.3 is 0 Å². The van der Waals surface area contributed by atoms with Crippen LogP contribution in [0.5, 0.6) is 17.2 Å². The van der Waals surface area contributed by atoms with Crippen LogP contribution in [0.4, 0.5) is 0 Å². The second-order valence-corrected chi connectivity index (χ2v) is 7.57. The molecule has 0 bridgehead atoms. The van der Waals surface area contributed by atoms with Crippen LogP contribution in [0, 0.1) is 0 Å². The first kappa shape index (κ1) is 28.6. The van der Waals surface area contributed by atoms with Gasteiger partial charge in [-0.25, -0.2) is 4.98 Å². The van der Waals surface area contributed by atoms with Crippen LogP contribution < -0.4 is 20.9 Å². The molecule has 4 rings (SSSR count). The lowest BCUT2D eigenvalue weighted by atomic mass is 10.1. The molecular weight excluding hydrogens is 472 g/mol. The molecule has 0 aliphatic carbocycles. The number of nitrogens with two attached hydrogens (primary N) is 2. The van der Waals surface area contributed by atoms with E-state index in [1.54, 1.807) is 13.3 Å². The number of methoxy groups -OCH3 is 1. The molecule has 0 fully saturated rings.